The molecular formula is C33H25N3O. The van der Waals surface area contributed by atoms with Crippen LogP contribution in [-0.2, 0) is 11.2 Å². The standard InChI is InChI=1S/C33H25N3O/c1-2-11-25-21(8-1)20-31-32(25)35-33(37-31)23-9-7-10-24(18-23)36-29-14-4-3-12-26(29)27-16-15-22(19-30(27)36)28-13-5-6-17-34-28/h1-19,31-33,35H,20H2/t31-,32+,33?/m0/s1. The van der Waals surface area contributed by atoms with E-state index in [1.54, 1.807) is 0 Å². The number of benzene rings is 4. The molecule has 4 heteroatoms. The maximum Gasteiger partial charge on any atom is 0.135 e. The van der Waals surface area contributed by atoms with Crippen LogP contribution in [0.15, 0.2) is 115 Å². The summed E-state index contributed by atoms with van der Waals surface area (Å²) < 4.78 is 8.92. The van der Waals surface area contributed by atoms with E-state index in [4.69, 9.17) is 4.74 Å². The number of nitrogens with one attached hydrogen (secondary N) is 1. The van der Waals surface area contributed by atoms with Crippen molar-refractivity contribution in [2.75, 3.05) is 0 Å². The average Bonchev–Trinajstić information content (AvgIpc) is 3.63. The smallest absolute Gasteiger partial charge is 0.135 e. The van der Waals surface area contributed by atoms with E-state index >= 15 is 0 Å². The molecule has 0 bridgehead atoms. The number of pyridine rings is 1. The maximum absolute atomic E-state index is 6.55. The Hall–Kier alpha value is -4.25. The number of para-hydroxylation sites is 1. The van der Waals surface area contributed by atoms with Gasteiger partial charge in [-0.1, -0.05) is 72.8 Å². The van der Waals surface area contributed by atoms with E-state index in [1.165, 1.54) is 32.9 Å². The van der Waals surface area contributed by atoms with Gasteiger partial charge in [0.15, 0.2) is 0 Å². The Morgan fingerprint density at radius 2 is 1.62 bits per heavy atom. The molecule has 1 N–H and O–H groups in total. The molecule has 1 unspecified atom stereocenters. The number of fused-ring (bicyclic) bond motifs is 6. The van der Waals surface area contributed by atoms with Gasteiger partial charge in [-0.15, -0.1) is 0 Å². The molecule has 4 aromatic carbocycles. The molecule has 0 amide bonds. The van der Waals surface area contributed by atoms with Crippen molar-refractivity contribution in [2.45, 2.75) is 24.8 Å². The third-order valence-electron chi connectivity index (χ3n) is 7.89. The zero-order valence-corrected chi connectivity index (χ0v) is 20.2. The molecule has 0 saturated carbocycles. The number of hydrogen-bond donors (Lipinski definition) is 1. The first-order chi connectivity index (χ1) is 18.3. The predicted molar refractivity (Wildman–Crippen MR) is 148 cm³/mol. The van der Waals surface area contributed by atoms with E-state index in [0.717, 1.165) is 28.9 Å². The largest absolute Gasteiger partial charge is 0.353 e. The fraction of sp³-hybridized carbons (Fsp3) is 0.121. The van der Waals surface area contributed by atoms with Crippen molar-refractivity contribution in [3.8, 4) is 16.9 Å². The summed E-state index contributed by atoms with van der Waals surface area (Å²) in [6.07, 6.45) is 2.87. The molecule has 6 aromatic rings. The summed E-state index contributed by atoms with van der Waals surface area (Å²) in [4.78, 5) is 4.59. The van der Waals surface area contributed by atoms with Gasteiger partial charge >= 0.3 is 0 Å². The average molecular weight is 480 g/mol. The van der Waals surface area contributed by atoms with Gasteiger partial charge < -0.3 is 9.30 Å². The summed E-state index contributed by atoms with van der Waals surface area (Å²) in [6.45, 7) is 0. The number of aromatic nitrogens is 2. The Morgan fingerprint density at radius 1 is 0.757 bits per heavy atom. The van der Waals surface area contributed by atoms with Crippen LogP contribution in [0.5, 0.6) is 0 Å². The van der Waals surface area contributed by atoms with Crippen LogP contribution < -0.4 is 5.32 Å². The van der Waals surface area contributed by atoms with Crippen molar-refractivity contribution in [1.29, 1.82) is 0 Å². The summed E-state index contributed by atoms with van der Waals surface area (Å²) in [5.74, 6) is 0. The quantitative estimate of drug-likeness (QED) is 0.293. The fourth-order valence-electron chi connectivity index (χ4n) is 6.20. The third kappa shape index (κ3) is 3.27. The molecule has 1 aliphatic carbocycles. The van der Waals surface area contributed by atoms with Crippen LogP contribution in [0.4, 0.5) is 0 Å². The summed E-state index contributed by atoms with van der Waals surface area (Å²) >= 11 is 0. The van der Waals surface area contributed by atoms with Gasteiger partial charge in [0, 0.05) is 34.6 Å². The van der Waals surface area contributed by atoms with Crippen LogP contribution in [-0.4, -0.2) is 15.7 Å². The van der Waals surface area contributed by atoms with Gasteiger partial charge in [0.1, 0.15) is 6.23 Å². The van der Waals surface area contributed by atoms with Crippen molar-refractivity contribution >= 4 is 21.8 Å². The highest BCUT2D eigenvalue weighted by atomic mass is 16.5. The highest BCUT2D eigenvalue weighted by Gasteiger charge is 2.41. The Morgan fingerprint density at radius 3 is 2.57 bits per heavy atom. The second kappa shape index (κ2) is 8.13. The predicted octanol–water partition coefficient (Wildman–Crippen LogP) is 7.13. The summed E-state index contributed by atoms with van der Waals surface area (Å²) in [7, 11) is 0. The van der Waals surface area contributed by atoms with Crippen molar-refractivity contribution in [1.82, 2.24) is 14.9 Å². The Kier molecular flexibility index (Phi) is 4.59. The number of nitrogens with zero attached hydrogens (tertiary/aromatic N) is 2. The Labute approximate surface area is 215 Å². The summed E-state index contributed by atoms with van der Waals surface area (Å²) in [6, 6.07) is 39.0. The molecule has 178 valence electrons. The van der Waals surface area contributed by atoms with E-state index in [0.29, 0.717) is 0 Å². The number of hydrogen-bond acceptors (Lipinski definition) is 3. The SMILES string of the molecule is c1ccc(-c2ccc3c4ccccc4n(-c4cccc(C5N[C@@H]6c7ccccc7C[C@@H]6O5)c4)c3c2)nc1. The van der Waals surface area contributed by atoms with E-state index < -0.39 is 0 Å². The lowest BCUT2D eigenvalue weighted by Crippen LogP contribution is -2.19. The second-order valence-corrected chi connectivity index (χ2v) is 10.00. The first-order valence-electron chi connectivity index (χ1n) is 12.9. The van der Waals surface area contributed by atoms with Crippen molar-refractivity contribution in [2.24, 2.45) is 0 Å². The molecule has 3 heterocycles. The van der Waals surface area contributed by atoms with Gasteiger partial charge in [-0.25, -0.2) is 0 Å². The van der Waals surface area contributed by atoms with E-state index in [1.807, 2.05) is 18.3 Å². The van der Waals surface area contributed by atoms with E-state index in [9.17, 15) is 0 Å². The Bertz CT molecular complexity index is 1790. The number of ether oxygens (including phenoxy) is 1. The molecule has 0 spiro atoms. The molecule has 2 aliphatic rings. The zero-order valence-electron chi connectivity index (χ0n) is 20.2. The minimum atomic E-state index is -0.125. The highest BCUT2D eigenvalue weighted by Crippen LogP contribution is 2.42. The monoisotopic (exact) mass is 479 g/mol. The third-order valence-corrected chi connectivity index (χ3v) is 7.89. The summed E-state index contributed by atoms with van der Waals surface area (Å²) in [5.41, 5.74) is 9.50. The first-order valence-corrected chi connectivity index (χ1v) is 12.9. The van der Waals surface area contributed by atoms with Crippen LogP contribution in [0.3, 0.4) is 0 Å². The lowest BCUT2D eigenvalue weighted by atomic mass is 10.1. The van der Waals surface area contributed by atoms with Crippen LogP contribution in [0.2, 0.25) is 0 Å². The lowest BCUT2D eigenvalue weighted by molar-refractivity contribution is 0.0400. The minimum absolute atomic E-state index is 0.125. The zero-order chi connectivity index (χ0) is 24.3. The molecule has 0 radical (unpaired) electrons. The van der Waals surface area contributed by atoms with Crippen LogP contribution >= 0.6 is 0 Å². The molecular weight excluding hydrogens is 454 g/mol. The minimum Gasteiger partial charge on any atom is -0.353 e. The molecule has 1 fully saturated rings. The first kappa shape index (κ1) is 20.9. The van der Waals surface area contributed by atoms with Gasteiger partial charge in [-0.05, 0) is 53.1 Å². The van der Waals surface area contributed by atoms with Crippen molar-refractivity contribution in [3.05, 3.63) is 132 Å². The van der Waals surface area contributed by atoms with E-state index in [2.05, 4.69) is 112 Å². The van der Waals surface area contributed by atoms with Crippen molar-refractivity contribution < 1.29 is 4.74 Å². The van der Waals surface area contributed by atoms with Gasteiger partial charge in [0.2, 0.25) is 0 Å². The van der Waals surface area contributed by atoms with Crippen molar-refractivity contribution in [3.63, 3.8) is 0 Å². The molecule has 2 aromatic heterocycles. The van der Waals surface area contributed by atoms with E-state index in [-0.39, 0.29) is 18.4 Å². The van der Waals surface area contributed by atoms with Gasteiger partial charge in [0.25, 0.3) is 0 Å². The van der Waals surface area contributed by atoms with Crippen LogP contribution in [0, 0.1) is 0 Å². The fourth-order valence-corrected chi connectivity index (χ4v) is 6.20. The van der Waals surface area contributed by atoms with Gasteiger partial charge in [-0.2, -0.15) is 0 Å². The van der Waals surface area contributed by atoms with Crippen LogP contribution in [0.25, 0.3) is 38.8 Å². The van der Waals surface area contributed by atoms with Crippen LogP contribution in [0.1, 0.15) is 29.0 Å². The summed E-state index contributed by atoms with van der Waals surface area (Å²) in [5, 5.41) is 6.25. The molecule has 8 rings (SSSR count). The Balaban J connectivity index is 1.24. The highest BCUT2D eigenvalue weighted by molar-refractivity contribution is 6.10. The molecule has 1 saturated heterocycles. The van der Waals surface area contributed by atoms with Gasteiger partial charge in [-0.3, -0.25) is 10.3 Å². The topological polar surface area (TPSA) is 39.1 Å². The normalized spacial score (nSPS) is 20.4. The molecule has 1 aliphatic heterocycles. The second-order valence-electron chi connectivity index (χ2n) is 10.00. The molecule has 3 atom stereocenters. The number of rotatable bonds is 3. The lowest BCUT2D eigenvalue weighted by Gasteiger charge is -2.16. The maximum atomic E-state index is 6.55. The molecule has 37 heavy (non-hydrogen) atoms. The van der Waals surface area contributed by atoms with Gasteiger partial charge in [0.05, 0.1) is 28.9 Å². The molecule has 4 nitrogen and oxygen atoms in total.